The van der Waals surface area contributed by atoms with Crippen LogP contribution in [0.2, 0.25) is 0 Å². The van der Waals surface area contributed by atoms with Crippen LogP contribution in [0.1, 0.15) is 18.4 Å². The van der Waals surface area contributed by atoms with Gasteiger partial charge in [-0.2, -0.15) is 4.31 Å². The van der Waals surface area contributed by atoms with Crippen molar-refractivity contribution in [2.45, 2.75) is 30.7 Å². The first-order valence-corrected chi connectivity index (χ1v) is 10.9. The van der Waals surface area contributed by atoms with Crippen LogP contribution in [-0.4, -0.2) is 43.7 Å². The molecule has 2 aliphatic heterocycles. The van der Waals surface area contributed by atoms with Gasteiger partial charge in [0.2, 0.25) is 15.9 Å². The van der Waals surface area contributed by atoms with E-state index in [1.54, 1.807) is 13.0 Å². The molecule has 2 aliphatic rings. The molecule has 0 aromatic heterocycles. The fourth-order valence-corrected chi connectivity index (χ4v) is 5.55. The maximum atomic E-state index is 13.4. The van der Waals surface area contributed by atoms with Crippen LogP contribution in [-0.2, 0) is 19.6 Å². The second-order valence-electron chi connectivity index (χ2n) is 7.22. The minimum atomic E-state index is -3.99. The van der Waals surface area contributed by atoms with Gasteiger partial charge in [0.15, 0.2) is 6.61 Å². The average molecular weight is 433 g/mol. The molecule has 2 heterocycles. The fraction of sp³-hybridized carbons (Fsp3) is 0.300. The number of sulfonamides is 1. The molecule has 0 radical (unpaired) electrons. The Balaban J connectivity index is 1.61. The number of rotatable bonds is 4. The highest BCUT2D eigenvalue weighted by molar-refractivity contribution is 7.89. The summed E-state index contributed by atoms with van der Waals surface area (Å²) in [5.74, 6) is -0.943. The van der Waals surface area contributed by atoms with E-state index in [1.807, 2.05) is 0 Å². The molecule has 1 atom stereocenters. The Morgan fingerprint density at radius 1 is 1.27 bits per heavy atom. The normalized spacial score (nSPS) is 19.0. The van der Waals surface area contributed by atoms with Crippen molar-refractivity contribution in [3.05, 3.63) is 47.8 Å². The first kappa shape index (κ1) is 20.3. The number of ether oxygens (including phenoxy) is 1. The van der Waals surface area contributed by atoms with E-state index in [2.05, 4.69) is 10.6 Å². The Hall–Kier alpha value is -2.98. The van der Waals surface area contributed by atoms with Crippen molar-refractivity contribution in [2.75, 3.05) is 23.8 Å². The predicted molar refractivity (Wildman–Crippen MR) is 107 cm³/mol. The molecule has 2 aromatic rings. The van der Waals surface area contributed by atoms with Crippen LogP contribution in [0.25, 0.3) is 0 Å². The summed E-state index contributed by atoms with van der Waals surface area (Å²) >= 11 is 0. The number of nitrogens with zero attached hydrogens (tertiary/aromatic N) is 1. The summed E-state index contributed by atoms with van der Waals surface area (Å²) in [5, 5.41) is 5.29. The Labute approximate surface area is 173 Å². The van der Waals surface area contributed by atoms with Gasteiger partial charge in [-0.3, -0.25) is 9.59 Å². The lowest BCUT2D eigenvalue weighted by atomic mass is 10.2. The largest absolute Gasteiger partial charge is 0.482 e. The number of hydrogen-bond acceptors (Lipinski definition) is 5. The van der Waals surface area contributed by atoms with Gasteiger partial charge in [-0.1, -0.05) is 0 Å². The molecule has 0 saturated carbocycles. The highest BCUT2D eigenvalue weighted by Gasteiger charge is 2.40. The highest BCUT2D eigenvalue weighted by Crippen LogP contribution is 2.36. The summed E-state index contributed by atoms with van der Waals surface area (Å²) in [7, 11) is -3.99. The van der Waals surface area contributed by atoms with Crippen LogP contribution in [0, 0.1) is 12.7 Å². The maximum Gasteiger partial charge on any atom is 0.262 e. The van der Waals surface area contributed by atoms with Gasteiger partial charge in [0.05, 0.1) is 10.6 Å². The number of anilines is 2. The first-order chi connectivity index (χ1) is 14.3. The summed E-state index contributed by atoms with van der Waals surface area (Å²) < 4.78 is 46.3. The van der Waals surface area contributed by atoms with Gasteiger partial charge in [-0.25, -0.2) is 12.8 Å². The van der Waals surface area contributed by atoms with E-state index in [-0.39, 0.29) is 29.7 Å². The number of amides is 2. The zero-order chi connectivity index (χ0) is 21.5. The van der Waals surface area contributed by atoms with Crippen molar-refractivity contribution in [2.24, 2.45) is 0 Å². The minimum Gasteiger partial charge on any atom is -0.482 e. The molecule has 0 unspecified atom stereocenters. The molecule has 4 rings (SSSR count). The zero-order valence-corrected chi connectivity index (χ0v) is 17.0. The van der Waals surface area contributed by atoms with Crippen LogP contribution in [0.15, 0.2) is 41.3 Å². The first-order valence-electron chi connectivity index (χ1n) is 9.41. The van der Waals surface area contributed by atoms with Gasteiger partial charge in [-0.05, 0) is 55.7 Å². The van der Waals surface area contributed by atoms with E-state index in [9.17, 15) is 22.4 Å². The zero-order valence-electron chi connectivity index (χ0n) is 16.1. The molecule has 0 bridgehead atoms. The molecule has 0 spiro atoms. The SMILES string of the molecule is Cc1cc2c(cc1S(=O)(=O)N1CCC[C@@H]1C(=O)Nc1ccc(F)cc1)OCC(=O)N2. The lowest BCUT2D eigenvalue weighted by molar-refractivity contribution is -0.119. The van der Waals surface area contributed by atoms with E-state index in [0.29, 0.717) is 29.8 Å². The third kappa shape index (κ3) is 3.75. The summed E-state index contributed by atoms with van der Waals surface area (Å²) in [6.45, 7) is 1.64. The van der Waals surface area contributed by atoms with Crippen molar-refractivity contribution in [3.63, 3.8) is 0 Å². The number of fused-ring (bicyclic) bond motifs is 1. The molecule has 2 aromatic carbocycles. The molecule has 1 saturated heterocycles. The molecule has 1 fully saturated rings. The number of nitrogens with one attached hydrogen (secondary N) is 2. The molecule has 158 valence electrons. The summed E-state index contributed by atoms with van der Waals surface area (Å²) in [6, 6.07) is 7.31. The lowest BCUT2D eigenvalue weighted by Gasteiger charge is -2.26. The second-order valence-corrected chi connectivity index (χ2v) is 9.08. The van der Waals surface area contributed by atoms with E-state index in [0.717, 1.165) is 0 Å². The molecular weight excluding hydrogens is 413 g/mol. The van der Waals surface area contributed by atoms with Crippen LogP contribution < -0.4 is 15.4 Å². The Kier molecular flexibility index (Phi) is 5.20. The average Bonchev–Trinajstić information content (AvgIpc) is 3.20. The van der Waals surface area contributed by atoms with Gasteiger partial charge in [0, 0.05) is 18.3 Å². The van der Waals surface area contributed by atoms with Gasteiger partial charge < -0.3 is 15.4 Å². The number of aryl methyl sites for hydroxylation is 1. The third-order valence-electron chi connectivity index (χ3n) is 5.11. The van der Waals surface area contributed by atoms with E-state index < -0.39 is 27.8 Å². The summed E-state index contributed by atoms with van der Waals surface area (Å²) in [4.78, 5) is 24.3. The molecule has 2 N–H and O–H groups in total. The molecule has 0 aliphatic carbocycles. The quantitative estimate of drug-likeness (QED) is 0.770. The maximum absolute atomic E-state index is 13.4. The summed E-state index contributed by atoms with van der Waals surface area (Å²) in [6.07, 6.45) is 0.917. The van der Waals surface area contributed by atoms with Crippen molar-refractivity contribution < 1.29 is 27.1 Å². The smallest absolute Gasteiger partial charge is 0.262 e. The van der Waals surface area contributed by atoms with Crippen molar-refractivity contribution in [1.82, 2.24) is 4.31 Å². The van der Waals surface area contributed by atoms with E-state index in [1.165, 1.54) is 34.6 Å². The van der Waals surface area contributed by atoms with Crippen LogP contribution in [0.4, 0.5) is 15.8 Å². The molecule has 2 amide bonds. The van der Waals surface area contributed by atoms with Gasteiger partial charge in [0.25, 0.3) is 5.91 Å². The topological polar surface area (TPSA) is 105 Å². The number of hydrogen-bond donors (Lipinski definition) is 2. The highest BCUT2D eigenvalue weighted by atomic mass is 32.2. The summed E-state index contributed by atoms with van der Waals surface area (Å²) in [5.41, 5.74) is 1.23. The standard InChI is InChI=1S/C20H20FN3O5S/c1-12-9-15-17(29-11-19(25)23-15)10-18(12)30(27,28)24-8-2-3-16(24)20(26)22-14-6-4-13(21)5-7-14/h4-7,9-10,16H,2-3,8,11H2,1H3,(H,22,26)(H,23,25)/t16-/m1/s1. The second kappa shape index (κ2) is 7.69. The molecule has 30 heavy (non-hydrogen) atoms. The monoisotopic (exact) mass is 433 g/mol. The lowest BCUT2D eigenvalue weighted by Crippen LogP contribution is -2.43. The van der Waals surface area contributed by atoms with E-state index in [4.69, 9.17) is 4.74 Å². The Morgan fingerprint density at radius 3 is 2.73 bits per heavy atom. The van der Waals surface area contributed by atoms with Crippen molar-refractivity contribution >= 4 is 33.2 Å². The number of carbonyl (C=O) groups excluding carboxylic acids is 2. The van der Waals surface area contributed by atoms with Crippen molar-refractivity contribution in [3.8, 4) is 5.75 Å². The fourth-order valence-electron chi connectivity index (χ4n) is 3.67. The third-order valence-corrected chi connectivity index (χ3v) is 7.16. The number of halogens is 1. The Morgan fingerprint density at radius 2 is 2.00 bits per heavy atom. The van der Waals surface area contributed by atoms with E-state index >= 15 is 0 Å². The molecule has 8 nitrogen and oxygen atoms in total. The Bertz CT molecular complexity index is 1120. The van der Waals surface area contributed by atoms with Gasteiger partial charge >= 0.3 is 0 Å². The van der Waals surface area contributed by atoms with Crippen LogP contribution in [0.3, 0.4) is 0 Å². The minimum absolute atomic E-state index is 0.0267. The van der Waals surface area contributed by atoms with Crippen LogP contribution >= 0.6 is 0 Å². The number of carbonyl (C=O) groups is 2. The molecular formula is C20H20FN3O5S. The van der Waals surface area contributed by atoms with Crippen molar-refractivity contribution in [1.29, 1.82) is 0 Å². The van der Waals surface area contributed by atoms with Gasteiger partial charge in [-0.15, -0.1) is 0 Å². The predicted octanol–water partition coefficient (Wildman–Crippen LogP) is 2.26. The van der Waals surface area contributed by atoms with Crippen LogP contribution in [0.5, 0.6) is 5.75 Å². The molecule has 10 heteroatoms. The van der Waals surface area contributed by atoms with Gasteiger partial charge in [0.1, 0.15) is 17.6 Å². The number of benzene rings is 2.